The third kappa shape index (κ3) is 11.3. The molecular formula is C114H74B2N6S2. The fourth-order valence-corrected chi connectivity index (χ4v) is 23.0. The lowest BCUT2D eigenvalue weighted by atomic mass is 9.30. The van der Waals surface area contributed by atoms with E-state index in [4.69, 9.17) is 0 Å². The predicted octanol–water partition coefficient (Wildman–Crippen LogP) is 28.2. The molecule has 25 rings (SSSR count). The van der Waals surface area contributed by atoms with Crippen LogP contribution < -0.4 is 62.2 Å². The van der Waals surface area contributed by atoms with Crippen LogP contribution in [0.25, 0.3) is 84.9 Å². The minimum absolute atomic E-state index is 0.308. The van der Waals surface area contributed by atoms with Crippen LogP contribution in [0.1, 0.15) is 0 Å². The Hall–Kier alpha value is -15.5. The van der Waals surface area contributed by atoms with Gasteiger partial charge in [-0.05, 0) is 176 Å². The second kappa shape index (κ2) is 29.2. The molecule has 0 fully saturated rings. The molecule has 6 nitrogen and oxygen atoms in total. The maximum Gasteiger partial charge on any atom is 0.252 e. The van der Waals surface area contributed by atoms with Gasteiger partial charge < -0.3 is 29.4 Å². The summed E-state index contributed by atoms with van der Waals surface area (Å²) in [7, 11) is 0. The number of rotatable bonds is 14. The van der Waals surface area contributed by atoms with Gasteiger partial charge in [0.05, 0.1) is 38.8 Å². The predicted molar refractivity (Wildman–Crippen MR) is 531 cm³/mol. The van der Waals surface area contributed by atoms with Gasteiger partial charge in [0.15, 0.2) is 0 Å². The first-order chi connectivity index (χ1) is 61.6. The van der Waals surface area contributed by atoms with Crippen LogP contribution in [-0.4, -0.2) is 13.4 Å². The molecule has 0 saturated heterocycles. The molecule has 4 aliphatic heterocycles. The van der Waals surface area contributed by atoms with E-state index in [2.05, 4.69) is 478 Å². The van der Waals surface area contributed by atoms with E-state index in [1.807, 2.05) is 22.7 Å². The van der Waals surface area contributed by atoms with E-state index >= 15 is 0 Å². The molecule has 0 bridgehead atoms. The molecule has 0 atom stereocenters. The fourth-order valence-electron chi connectivity index (χ4n) is 20.6. The zero-order chi connectivity index (χ0) is 81.5. The average Bonchev–Trinajstić information content (AvgIpc) is 0.789. The summed E-state index contributed by atoms with van der Waals surface area (Å²) in [6, 6.07) is 169. The summed E-state index contributed by atoms with van der Waals surface area (Å²) in [5.74, 6) is 0. The molecule has 10 heteroatoms. The summed E-state index contributed by atoms with van der Waals surface area (Å²) in [5.41, 5.74) is 35.8. The normalized spacial score (nSPS) is 12.7. The zero-order valence-electron chi connectivity index (χ0n) is 67.4. The monoisotopic (exact) mass is 1610 g/mol. The standard InChI is InChI=1S/C114H74B2N6S2/c1-9-37-75(38-10-1)85-55-33-56-86(76-39-11-2-12-40-76)112(85)121-96-62-29-27-60-92(96)115-94-73-95-101(74-100(94)119(81-49-21-7-22-50-81)102-69-83(71-104(121)110(102)115)117(79-45-17-5-18-46-79)98-64-36-68-108-109(98)91-54-26-32-67-107(91)123-108)120(82-51-23-8-24-52-82)103-70-84(118(80-47-19-6-20-48-80)99-65-35-59-90-89-53-25-31-66-106(89)124-114(90)99)72-105-111(103)116(95)93-61-28-30-63-97(93)122(105)113-87(77-41-13-3-14-42-77)57-34-58-88(113)78-43-15-4-16-44-78/h1-74H. The highest BCUT2D eigenvalue weighted by Crippen LogP contribution is 2.58. The summed E-state index contributed by atoms with van der Waals surface area (Å²) >= 11 is 3.73. The van der Waals surface area contributed by atoms with E-state index in [0.717, 1.165) is 147 Å². The minimum Gasteiger partial charge on any atom is -0.311 e. The first-order valence-corrected chi connectivity index (χ1v) is 44.2. The molecular weight excluding hydrogens is 1540 g/mol. The Balaban J connectivity index is 0.818. The largest absolute Gasteiger partial charge is 0.311 e. The first kappa shape index (κ1) is 71.5. The number of benzene rings is 19. The maximum atomic E-state index is 2.68. The maximum absolute atomic E-state index is 2.68. The Morgan fingerprint density at radius 2 is 0.548 bits per heavy atom. The van der Waals surface area contributed by atoms with Crippen LogP contribution in [0.3, 0.4) is 0 Å². The lowest BCUT2D eigenvalue weighted by molar-refractivity contribution is 1.22. The van der Waals surface area contributed by atoms with Gasteiger partial charge in [-0.3, -0.25) is 0 Å². The highest BCUT2D eigenvalue weighted by molar-refractivity contribution is 7.26. The molecule has 19 aromatic carbocycles. The Morgan fingerprint density at radius 3 is 1.01 bits per heavy atom. The van der Waals surface area contributed by atoms with Crippen molar-refractivity contribution in [1.29, 1.82) is 0 Å². The van der Waals surface area contributed by atoms with Gasteiger partial charge in [-0.25, -0.2) is 0 Å². The van der Waals surface area contributed by atoms with Crippen molar-refractivity contribution in [3.63, 3.8) is 0 Å². The Bertz CT molecular complexity index is 7670. The van der Waals surface area contributed by atoms with Crippen LogP contribution >= 0.6 is 22.7 Å². The number of para-hydroxylation sites is 8. The Kier molecular flexibility index (Phi) is 16.8. The molecule has 124 heavy (non-hydrogen) atoms. The SMILES string of the molecule is c1ccc(-c2cccc(-c3ccccc3)c2N2c3ccccc3B3c4cc5c(cc4N(c4ccccc4)c4cc(N(c6ccccc6)c6cccc7c6sc6ccccc67)cc2c43)N(c2ccccc2)c2cc(N(c3ccccc3)c3cccc4sc6ccccc6c34)cc3c2B5c2ccccc2N3c2c(-c3ccccc3)cccc2-c2ccccc2)cc1. The summed E-state index contributed by atoms with van der Waals surface area (Å²) in [6.07, 6.45) is 0. The van der Waals surface area contributed by atoms with Crippen molar-refractivity contribution < 1.29 is 0 Å². The van der Waals surface area contributed by atoms with Crippen molar-refractivity contribution in [1.82, 2.24) is 0 Å². The van der Waals surface area contributed by atoms with Crippen LogP contribution in [0.15, 0.2) is 449 Å². The van der Waals surface area contributed by atoms with Crippen molar-refractivity contribution >= 4 is 212 Å². The van der Waals surface area contributed by atoms with Gasteiger partial charge >= 0.3 is 0 Å². The first-order valence-electron chi connectivity index (χ1n) is 42.6. The second-order valence-electron chi connectivity index (χ2n) is 32.5. The van der Waals surface area contributed by atoms with E-state index in [0.29, 0.717) is 0 Å². The number of hydrogen-bond donors (Lipinski definition) is 0. The molecule has 0 N–H and O–H groups in total. The van der Waals surface area contributed by atoms with E-state index in [9.17, 15) is 0 Å². The minimum atomic E-state index is -0.309. The quantitative estimate of drug-likeness (QED) is 0.100. The lowest BCUT2D eigenvalue weighted by Gasteiger charge is -2.48. The van der Waals surface area contributed by atoms with Gasteiger partial charge in [-0.1, -0.05) is 328 Å². The van der Waals surface area contributed by atoms with E-state index < -0.39 is 0 Å². The summed E-state index contributed by atoms with van der Waals surface area (Å²) in [4.78, 5) is 15.7. The molecule has 4 aliphatic rings. The molecule has 2 aromatic heterocycles. The number of hydrogen-bond acceptors (Lipinski definition) is 8. The number of anilines is 18. The van der Waals surface area contributed by atoms with Gasteiger partial charge in [-0.15, -0.1) is 22.7 Å². The second-order valence-corrected chi connectivity index (χ2v) is 34.6. The highest BCUT2D eigenvalue weighted by Gasteiger charge is 2.50. The number of nitrogens with zero attached hydrogens (tertiary/aromatic N) is 6. The molecule has 6 heterocycles. The van der Waals surface area contributed by atoms with Gasteiger partial charge in [-0.2, -0.15) is 0 Å². The van der Waals surface area contributed by atoms with Crippen LogP contribution in [0.2, 0.25) is 0 Å². The van der Waals surface area contributed by atoms with E-state index in [1.165, 1.54) is 73.1 Å². The highest BCUT2D eigenvalue weighted by atomic mass is 32.1. The number of thiophene rings is 2. The molecule has 0 unspecified atom stereocenters. The Morgan fingerprint density at radius 1 is 0.210 bits per heavy atom. The van der Waals surface area contributed by atoms with Gasteiger partial charge in [0.1, 0.15) is 0 Å². The third-order valence-electron chi connectivity index (χ3n) is 25.7. The van der Waals surface area contributed by atoms with Crippen LogP contribution in [0, 0.1) is 0 Å². The van der Waals surface area contributed by atoms with Crippen LogP contribution in [0.4, 0.5) is 102 Å². The molecule has 0 spiro atoms. The lowest BCUT2D eigenvalue weighted by Crippen LogP contribution is -2.65. The smallest absolute Gasteiger partial charge is 0.252 e. The van der Waals surface area contributed by atoms with Gasteiger partial charge in [0.2, 0.25) is 0 Å². The zero-order valence-corrected chi connectivity index (χ0v) is 69.0. The van der Waals surface area contributed by atoms with Crippen LogP contribution in [0.5, 0.6) is 0 Å². The van der Waals surface area contributed by atoms with Gasteiger partial charge in [0, 0.05) is 126 Å². The molecule has 0 aliphatic carbocycles. The van der Waals surface area contributed by atoms with Crippen molar-refractivity contribution in [2.45, 2.75) is 0 Å². The third-order valence-corrected chi connectivity index (χ3v) is 28.1. The average molecular weight is 1610 g/mol. The summed E-state index contributed by atoms with van der Waals surface area (Å²) in [5, 5.41) is 4.93. The molecule has 578 valence electrons. The molecule has 0 saturated carbocycles. The van der Waals surface area contributed by atoms with Crippen molar-refractivity contribution in [3.05, 3.63) is 449 Å². The van der Waals surface area contributed by atoms with Crippen LogP contribution in [-0.2, 0) is 0 Å². The fraction of sp³-hybridized carbons (Fsp3) is 0. The molecule has 0 radical (unpaired) electrons. The number of fused-ring (bicyclic) bond motifs is 14. The van der Waals surface area contributed by atoms with Crippen molar-refractivity contribution in [2.75, 3.05) is 29.4 Å². The van der Waals surface area contributed by atoms with Crippen molar-refractivity contribution in [3.8, 4) is 44.5 Å². The Labute approximate surface area is 729 Å². The van der Waals surface area contributed by atoms with Crippen molar-refractivity contribution in [2.24, 2.45) is 0 Å². The molecule has 21 aromatic rings. The topological polar surface area (TPSA) is 19.4 Å². The van der Waals surface area contributed by atoms with E-state index in [1.54, 1.807) is 0 Å². The molecule has 0 amide bonds. The van der Waals surface area contributed by atoms with Gasteiger partial charge in [0.25, 0.3) is 13.4 Å². The summed E-state index contributed by atoms with van der Waals surface area (Å²) < 4.78 is 4.96. The van der Waals surface area contributed by atoms with E-state index in [-0.39, 0.29) is 13.4 Å². The summed E-state index contributed by atoms with van der Waals surface area (Å²) in [6.45, 7) is -0.617.